The molecule has 1 aliphatic heterocycles. The van der Waals surface area contributed by atoms with E-state index in [1.807, 2.05) is 0 Å². The van der Waals surface area contributed by atoms with Crippen molar-refractivity contribution in [3.05, 3.63) is 0 Å². The van der Waals surface area contributed by atoms with Crippen molar-refractivity contribution >= 4 is 12.0 Å². The molecule has 6 nitrogen and oxygen atoms in total. The fourth-order valence-corrected chi connectivity index (χ4v) is 2.55. The molecule has 0 bridgehead atoms. The summed E-state index contributed by atoms with van der Waals surface area (Å²) in [6, 6.07) is 0.145. The summed E-state index contributed by atoms with van der Waals surface area (Å²) in [6.07, 6.45) is 4.47. The Labute approximate surface area is 113 Å². The number of nitrogens with zero attached hydrogens (tertiary/aromatic N) is 2. The highest BCUT2D eigenvalue weighted by Gasteiger charge is 2.28. The van der Waals surface area contributed by atoms with E-state index >= 15 is 0 Å². The summed E-state index contributed by atoms with van der Waals surface area (Å²) in [7, 11) is 2.06. The largest absolute Gasteiger partial charge is 0.480 e. The van der Waals surface area contributed by atoms with Crippen LogP contribution in [0.5, 0.6) is 0 Å². The van der Waals surface area contributed by atoms with E-state index in [1.54, 1.807) is 0 Å². The SMILES string of the molecule is CN1CCCC1CNC(=O)N(CC(=O)O)CC1CC1. The van der Waals surface area contributed by atoms with Crippen molar-refractivity contribution in [2.24, 2.45) is 5.92 Å². The van der Waals surface area contributed by atoms with Crippen LogP contribution in [0.1, 0.15) is 25.7 Å². The zero-order valence-corrected chi connectivity index (χ0v) is 11.5. The maximum atomic E-state index is 12.0. The molecule has 0 aromatic rings. The number of likely N-dealkylation sites (N-methyl/N-ethyl adjacent to an activating group) is 1. The average Bonchev–Trinajstić information content (AvgIpc) is 3.07. The van der Waals surface area contributed by atoms with Gasteiger partial charge in [-0.15, -0.1) is 0 Å². The molecule has 2 rings (SSSR count). The minimum absolute atomic E-state index is 0.206. The highest BCUT2D eigenvalue weighted by molar-refractivity contribution is 5.80. The van der Waals surface area contributed by atoms with Crippen LogP contribution in [0.2, 0.25) is 0 Å². The molecule has 0 radical (unpaired) electrons. The normalized spacial score (nSPS) is 23.3. The lowest BCUT2D eigenvalue weighted by molar-refractivity contribution is -0.137. The van der Waals surface area contributed by atoms with Crippen molar-refractivity contribution in [2.75, 3.05) is 33.2 Å². The number of nitrogens with one attached hydrogen (secondary N) is 1. The Morgan fingerprint density at radius 1 is 1.37 bits per heavy atom. The molecule has 0 aromatic carbocycles. The molecule has 1 unspecified atom stereocenters. The lowest BCUT2D eigenvalue weighted by Gasteiger charge is -2.24. The number of amides is 2. The van der Waals surface area contributed by atoms with E-state index in [1.165, 1.54) is 4.90 Å². The third-order valence-electron chi connectivity index (χ3n) is 3.95. The third kappa shape index (κ3) is 4.38. The number of carboxylic acids is 1. The van der Waals surface area contributed by atoms with Gasteiger partial charge in [0.25, 0.3) is 0 Å². The van der Waals surface area contributed by atoms with Gasteiger partial charge in [0.15, 0.2) is 0 Å². The van der Waals surface area contributed by atoms with Crippen LogP contribution < -0.4 is 5.32 Å². The summed E-state index contributed by atoms with van der Waals surface area (Å²) >= 11 is 0. The molecule has 1 saturated heterocycles. The fraction of sp³-hybridized carbons (Fsp3) is 0.846. The molecule has 19 heavy (non-hydrogen) atoms. The second kappa shape index (κ2) is 6.23. The van der Waals surface area contributed by atoms with E-state index in [2.05, 4.69) is 17.3 Å². The minimum Gasteiger partial charge on any atom is -0.480 e. The Bertz CT molecular complexity index is 344. The number of carboxylic acid groups (broad SMARTS) is 1. The van der Waals surface area contributed by atoms with Gasteiger partial charge in [-0.25, -0.2) is 4.79 Å². The molecular formula is C13H23N3O3. The first-order valence-corrected chi connectivity index (χ1v) is 7.01. The van der Waals surface area contributed by atoms with E-state index in [4.69, 9.17) is 5.11 Å². The number of hydrogen-bond acceptors (Lipinski definition) is 3. The van der Waals surface area contributed by atoms with Crippen molar-refractivity contribution in [3.63, 3.8) is 0 Å². The van der Waals surface area contributed by atoms with Gasteiger partial charge in [-0.3, -0.25) is 4.79 Å². The van der Waals surface area contributed by atoms with Gasteiger partial charge in [-0.05, 0) is 45.2 Å². The summed E-state index contributed by atoms with van der Waals surface area (Å²) in [5.74, 6) is -0.451. The monoisotopic (exact) mass is 269 g/mol. The highest BCUT2D eigenvalue weighted by atomic mass is 16.4. The number of hydrogen-bond donors (Lipinski definition) is 2. The van der Waals surface area contributed by atoms with E-state index < -0.39 is 5.97 Å². The predicted octanol–water partition coefficient (Wildman–Crippen LogP) is 0.587. The second-order valence-electron chi connectivity index (χ2n) is 5.68. The van der Waals surface area contributed by atoms with Crippen molar-refractivity contribution in [1.29, 1.82) is 0 Å². The molecule has 1 aliphatic carbocycles. The van der Waals surface area contributed by atoms with Crippen LogP contribution in [-0.4, -0.2) is 66.2 Å². The fourth-order valence-electron chi connectivity index (χ4n) is 2.55. The Morgan fingerprint density at radius 2 is 2.11 bits per heavy atom. The molecule has 2 N–H and O–H groups in total. The Balaban J connectivity index is 1.78. The van der Waals surface area contributed by atoms with Crippen LogP contribution in [0.4, 0.5) is 4.79 Å². The summed E-state index contributed by atoms with van der Waals surface area (Å²) in [5.41, 5.74) is 0. The van der Waals surface area contributed by atoms with Gasteiger partial charge in [0, 0.05) is 19.1 Å². The summed E-state index contributed by atoms with van der Waals surface area (Å²) in [5, 5.41) is 11.7. The number of carbonyl (C=O) groups is 2. The Kier molecular flexibility index (Phi) is 4.63. The zero-order chi connectivity index (χ0) is 13.8. The maximum absolute atomic E-state index is 12.0. The third-order valence-corrected chi connectivity index (χ3v) is 3.95. The van der Waals surface area contributed by atoms with E-state index in [-0.39, 0.29) is 12.6 Å². The van der Waals surface area contributed by atoms with Crippen LogP contribution in [0.15, 0.2) is 0 Å². The first-order valence-electron chi connectivity index (χ1n) is 7.01. The number of likely N-dealkylation sites (tertiary alicyclic amines) is 1. The summed E-state index contributed by atoms with van der Waals surface area (Å²) < 4.78 is 0. The average molecular weight is 269 g/mol. The molecule has 2 fully saturated rings. The molecule has 2 aliphatic rings. The first-order chi connectivity index (χ1) is 9.06. The molecule has 1 saturated carbocycles. The number of rotatable bonds is 6. The van der Waals surface area contributed by atoms with Crippen LogP contribution in [-0.2, 0) is 4.79 Å². The quantitative estimate of drug-likeness (QED) is 0.740. The van der Waals surface area contributed by atoms with Crippen LogP contribution >= 0.6 is 0 Å². The Hall–Kier alpha value is -1.30. The first kappa shape index (κ1) is 14.1. The highest BCUT2D eigenvalue weighted by Crippen LogP contribution is 2.29. The molecule has 2 amide bonds. The molecule has 6 heteroatoms. The van der Waals surface area contributed by atoms with E-state index in [9.17, 15) is 9.59 Å². The lowest BCUT2D eigenvalue weighted by Crippen LogP contribution is -2.47. The molecule has 1 heterocycles. The van der Waals surface area contributed by atoms with E-state index in [0.717, 1.165) is 32.2 Å². The second-order valence-corrected chi connectivity index (χ2v) is 5.68. The lowest BCUT2D eigenvalue weighted by atomic mass is 10.2. The van der Waals surface area contributed by atoms with Crippen LogP contribution in [0.3, 0.4) is 0 Å². The van der Waals surface area contributed by atoms with Gasteiger partial charge in [-0.1, -0.05) is 0 Å². The maximum Gasteiger partial charge on any atom is 0.323 e. The van der Waals surface area contributed by atoms with Crippen molar-refractivity contribution in [1.82, 2.24) is 15.1 Å². The predicted molar refractivity (Wildman–Crippen MR) is 71.0 cm³/mol. The standard InChI is InChI=1S/C13H23N3O3/c1-15-6-2-3-11(15)7-14-13(19)16(9-12(17)18)8-10-4-5-10/h10-11H,2-9H2,1H3,(H,14,19)(H,17,18). The zero-order valence-electron chi connectivity index (χ0n) is 11.5. The van der Waals surface area contributed by atoms with Gasteiger partial charge < -0.3 is 20.2 Å². The molecule has 1 atom stereocenters. The topological polar surface area (TPSA) is 72.9 Å². The van der Waals surface area contributed by atoms with Gasteiger partial charge in [0.1, 0.15) is 6.54 Å². The van der Waals surface area contributed by atoms with Crippen molar-refractivity contribution in [2.45, 2.75) is 31.7 Å². The van der Waals surface area contributed by atoms with Gasteiger partial charge in [-0.2, -0.15) is 0 Å². The van der Waals surface area contributed by atoms with E-state index in [0.29, 0.717) is 25.0 Å². The number of carbonyl (C=O) groups excluding carboxylic acids is 1. The van der Waals surface area contributed by atoms with Crippen molar-refractivity contribution < 1.29 is 14.7 Å². The Morgan fingerprint density at radius 3 is 2.63 bits per heavy atom. The van der Waals surface area contributed by atoms with Gasteiger partial charge >= 0.3 is 12.0 Å². The van der Waals surface area contributed by atoms with Crippen molar-refractivity contribution in [3.8, 4) is 0 Å². The molecule has 0 aromatic heterocycles. The minimum atomic E-state index is -0.950. The van der Waals surface area contributed by atoms with Crippen LogP contribution in [0.25, 0.3) is 0 Å². The summed E-state index contributed by atoms with van der Waals surface area (Å²) in [4.78, 5) is 26.5. The van der Waals surface area contributed by atoms with Gasteiger partial charge in [0.05, 0.1) is 0 Å². The number of aliphatic carboxylic acids is 1. The molecular weight excluding hydrogens is 246 g/mol. The summed E-state index contributed by atoms with van der Waals surface area (Å²) in [6.45, 7) is 2.04. The molecule has 0 spiro atoms. The van der Waals surface area contributed by atoms with Gasteiger partial charge in [0.2, 0.25) is 0 Å². The number of urea groups is 1. The molecule has 108 valence electrons. The van der Waals surface area contributed by atoms with Crippen LogP contribution in [0, 0.1) is 5.92 Å². The smallest absolute Gasteiger partial charge is 0.323 e.